The molecule has 2 heterocycles. The fraction of sp³-hybridized carbons (Fsp3) is 0.190. The number of aromatic nitrogens is 3. The topological polar surface area (TPSA) is 130 Å². The summed E-state index contributed by atoms with van der Waals surface area (Å²) in [6.45, 7) is 0. The summed E-state index contributed by atoms with van der Waals surface area (Å²) < 4.78 is 21.2. The highest BCUT2D eigenvalue weighted by Crippen LogP contribution is 2.53. The van der Waals surface area contributed by atoms with Gasteiger partial charge in [0.15, 0.2) is 11.6 Å². The second kappa shape index (κ2) is 7.43. The van der Waals surface area contributed by atoms with Gasteiger partial charge in [0.1, 0.15) is 11.8 Å². The van der Waals surface area contributed by atoms with Crippen LogP contribution in [0.3, 0.4) is 0 Å². The molecule has 1 amide bonds. The highest BCUT2D eigenvalue weighted by atomic mass is 35.5. The number of H-pyrrole nitrogens is 1. The minimum absolute atomic E-state index is 0.0145. The standard InChI is InChI=1S/C21H12Cl2FN5O4/c22-12-4-9(29-20(32)27-18(30)15(8-25)28-29)5-13(23)17(12)33-10-6-11-16(14(24)7-10)26-19(31)21(11)2-1-3-21/h4-7H,1-3H2,(H,26,31)(H,27,30,32). The van der Waals surface area contributed by atoms with Crippen molar-refractivity contribution >= 4 is 34.8 Å². The van der Waals surface area contributed by atoms with Crippen molar-refractivity contribution in [3.8, 4) is 23.3 Å². The van der Waals surface area contributed by atoms with Crippen molar-refractivity contribution in [1.82, 2.24) is 14.8 Å². The number of aromatic amines is 1. The molecule has 0 bridgehead atoms. The van der Waals surface area contributed by atoms with E-state index in [0.717, 1.165) is 17.2 Å². The molecule has 1 saturated carbocycles. The summed E-state index contributed by atoms with van der Waals surface area (Å²) in [5.74, 6) is -0.789. The number of fused-ring (bicyclic) bond motifs is 2. The molecule has 3 aromatic rings. The first-order valence-corrected chi connectivity index (χ1v) is 10.5. The summed E-state index contributed by atoms with van der Waals surface area (Å²) in [6.07, 6.45) is 2.11. The first-order chi connectivity index (χ1) is 15.7. The molecule has 0 unspecified atom stereocenters. The Labute approximate surface area is 194 Å². The fourth-order valence-corrected chi connectivity index (χ4v) is 4.61. The van der Waals surface area contributed by atoms with E-state index >= 15 is 0 Å². The lowest BCUT2D eigenvalue weighted by Crippen LogP contribution is -2.40. The zero-order valence-electron chi connectivity index (χ0n) is 16.5. The molecule has 166 valence electrons. The van der Waals surface area contributed by atoms with Crippen molar-refractivity contribution in [1.29, 1.82) is 5.26 Å². The van der Waals surface area contributed by atoms with Crippen LogP contribution >= 0.6 is 23.2 Å². The Morgan fingerprint density at radius 2 is 1.85 bits per heavy atom. The molecule has 1 aliphatic heterocycles. The molecule has 33 heavy (non-hydrogen) atoms. The highest BCUT2D eigenvalue weighted by Gasteiger charge is 2.52. The van der Waals surface area contributed by atoms with E-state index in [0.29, 0.717) is 18.4 Å². The molecule has 1 spiro atoms. The van der Waals surface area contributed by atoms with Crippen molar-refractivity contribution in [2.24, 2.45) is 0 Å². The van der Waals surface area contributed by atoms with E-state index in [-0.39, 0.29) is 38.8 Å². The van der Waals surface area contributed by atoms with E-state index in [9.17, 15) is 18.8 Å². The molecule has 5 rings (SSSR count). The smallest absolute Gasteiger partial charge is 0.349 e. The Hall–Kier alpha value is -3.68. The SMILES string of the molecule is N#Cc1nn(-c2cc(Cl)c(Oc3cc(F)c4c(c3)C3(CCC3)C(=O)N4)c(Cl)c2)c(=O)[nH]c1=O. The molecule has 1 aromatic heterocycles. The van der Waals surface area contributed by atoms with Crippen LogP contribution < -0.4 is 21.3 Å². The third-order valence-electron chi connectivity index (χ3n) is 5.84. The van der Waals surface area contributed by atoms with E-state index in [4.69, 9.17) is 33.2 Å². The number of carbonyl (C=O) groups excluding carboxylic acids is 1. The van der Waals surface area contributed by atoms with Gasteiger partial charge in [-0.05, 0) is 36.6 Å². The summed E-state index contributed by atoms with van der Waals surface area (Å²) in [4.78, 5) is 38.1. The number of hydrogen-bond acceptors (Lipinski definition) is 6. The number of rotatable bonds is 3. The number of carbonyl (C=O) groups is 1. The predicted octanol–water partition coefficient (Wildman–Crippen LogP) is 3.40. The zero-order chi connectivity index (χ0) is 23.5. The molecule has 0 atom stereocenters. The minimum atomic E-state index is -0.924. The Morgan fingerprint density at radius 3 is 2.45 bits per heavy atom. The number of hydrogen-bond donors (Lipinski definition) is 2. The molecule has 2 aromatic carbocycles. The molecule has 1 fully saturated rings. The summed E-state index contributed by atoms with van der Waals surface area (Å²) in [6, 6.07) is 6.86. The Bertz CT molecular complexity index is 1500. The highest BCUT2D eigenvalue weighted by molar-refractivity contribution is 6.37. The number of nitriles is 1. The van der Waals surface area contributed by atoms with Gasteiger partial charge >= 0.3 is 5.69 Å². The summed E-state index contributed by atoms with van der Waals surface area (Å²) in [5.41, 5.74) is -2.35. The number of amides is 1. The molecule has 12 heteroatoms. The maximum Gasteiger partial charge on any atom is 0.349 e. The molecule has 9 nitrogen and oxygen atoms in total. The van der Waals surface area contributed by atoms with Gasteiger partial charge in [0, 0.05) is 6.07 Å². The Morgan fingerprint density at radius 1 is 1.15 bits per heavy atom. The Balaban J connectivity index is 1.54. The number of benzene rings is 2. The van der Waals surface area contributed by atoms with Crippen molar-refractivity contribution in [3.63, 3.8) is 0 Å². The molecular formula is C21H12Cl2FN5O4. The second-order valence-corrected chi connectivity index (χ2v) is 8.50. The number of halogens is 3. The van der Waals surface area contributed by atoms with Crippen LogP contribution in [0.5, 0.6) is 11.5 Å². The third kappa shape index (κ3) is 3.20. The lowest BCUT2D eigenvalue weighted by atomic mass is 9.65. The van der Waals surface area contributed by atoms with E-state index < -0.39 is 28.2 Å². The molecule has 2 N–H and O–H groups in total. The lowest BCUT2D eigenvalue weighted by molar-refractivity contribution is -0.123. The van der Waals surface area contributed by atoms with Crippen LogP contribution in [-0.2, 0) is 10.2 Å². The number of nitrogens with zero attached hydrogens (tertiary/aromatic N) is 3. The fourth-order valence-electron chi connectivity index (χ4n) is 4.06. The second-order valence-electron chi connectivity index (χ2n) is 7.69. The first kappa shape index (κ1) is 21.2. The van der Waals surface area contributed by atoms with Gasteiger partial charge in [0.05, 0.1) is 26.8 Å². The van der Waals surface area contributed by atoms with Crippen LogP contribution in [0, 0.1) is 17.1 Å². The maximum absolute atomic E-state index is 14.7. The van der Waals surface area contributed by atoms with Gasteiger partial charge in [-0.25, -0.2) is 9.18 Å². The van der Waals surface area contributed by atoms with Crippen LogP contribution in [-0.4, -0.2) is 20.7 Å². The van der Waals surface area contributed by atoms with Gasteiger partial charge in [-0.3, -0.25) is 14.6 Å². The van der Waals surface area contributed by atoms with Crippen LogP contribution in [0.25, 0.3) is 5.69 Å². The minimum Gasteiger partial charge on any atom is -0.454 e. The molecule has 0 saturated heterocycles. The van der Waals surface area contributed by atoms with Gasteiger partial charge in [0.25, 0.3) is 5.56 Å². The van der Waals surface area contributed by atoms with Crippen molar-refractivity contribution in [2.75, 3.05) is 5.32 Å². The van der Waals surface area contributed by atoms with Crippen molar-refractivity contribution in [2.45, 2.75) is 24.7 Å². The number of anilines is 1. The first-order valence-electron chi connectivity index (χ1n) is 9.70. The molecule has 2 aliphatic rings. The molecule has 1 aliphatic carbocycles. The maximum atomic E-state index is 14.7. The van der Waals surface area contributed by atoms with Crippen LogP contribution in [0.1, 0.15) is 30.5 Å². The summed E-state index contributed by atoms with van der Waals surface area (Å²) in [5, 5.41) is 15.2. The van der Waals surface area contributed by atoms with E-state index in [1.54, 1.807) is 12.1 Å². The Kier molecular flexibility index (Phi) is 4.77. The normalized spacial score (nSPS) is 15.5. The van der Waals surface area contributed by atoms with Crippen LogP contribution in [0.2, 0.25) is 10.0 Å². The zero-order valence-corrected chi connectivity index (χ0v) is 18.1. The largest absolute Gasteiger partial charge is 0.454 e. The average molecular weight is 488 g/mol. The predicted molar refractivity (Wildman–Crippen MR) is 116 cm³/mol. The third-order valence-corrected chi connectivity index (χ3v) is 6.40. The van der Waals surface area contributed by atoms with Crippen molar-refractivity contribution < 1.29 is 13.9 Å². The van der Waals surface area contributed by atoms with Gasteiger partial charge < -0.3 is 10.1 Å². The van der Waals surface area contributed by atoms with Crippen molar-refractivity contribution in [3.05, 3.63) is 72.2 Å². The van der Waals surface area contributed by atoms with E-state index in [2.05, 4.69) is 10.4 Å². The number of nitrogens with one attached hydrogen (secondary N) is 2. The van der Waals surface area contributed by atoms with E-state index in [1.807, 2.05) is 4.98 Å². The summed E-state index contributed by atoms with van der Waals surface area (Å²) in [7, 11) is 0. The quantitative estimate of drug-likeness (QED) is 0.582. The monoisotopic (exact) mass is 487 g/mol. The van der Waals surface area contributed by atoms with Gasteiger partial charge in [-0.1, -0.05) is 29.6 Å². The van der Waals surface area contributed by atoms with E-state index in [1.165, 1.54) is 12.1 Å². The van der Waals surface area contributed by atoms with Gasteiger partial charge in [-0.2, -0.15) is 9.94 Å². The average Bonchev–Trinajstić information content (AvgIpc) is 3.03. The lowest BCUT2D eigenvalue weighted by Gasteiger charge is -2.36. The van der Waals surface area contributed by atoms with Crippen LogP contribution in [0.4, 0.5) is 10.1 Å². The molecule has 0 radical (unpaired) electrons. The van der Waals surface area contributed by atoms with Crippen LogP contribution in [0.15, 0.2) is 33.9 Å². The number of ether oxygens (including phenoxy) is 1. The molecular weight excluding hydrogens is 476 g/mol. The summed E-state index contributed by atoms with van der Waals surface area (Å²) >= 11 is 12.6. The van der Waals surface area contributed by atoms with Gasteiger partial charge in [-0.15, -0.1) is 5.10 Å². The van der Waals surface area contributed by atoms with Gasteiger partial charge in [0.2, 0.25) is 11.6 Å².